The minimum absolute atomic E-state index is 0.0694. The van der Waals surface area contributed by atoms with E-state index in [1.807, 2.05) is 0 Å². The number of halogens is 60. The van der Waals surface area contributed by atoms with Crippen LogP contribution in [0.3, 0.4) is 0 Å². The molecule has 134 heavy (non-hydrogen) atoms. The fourth-order valence-corrected chi connectivity index (χ4v) is 22.0. The summed E-state index contributed by atoms with van der Waals surface area (Å²) in [5.74, 6) is -54.8. The smallest absolute Gasteiger partial charge is 0.205 e. The van der Waals surface area contributed by atoms with Gasteiger partial charge in [-0.25, -0.2) is 101 Å². The number of nitrogens with one attached hydrogen (secondary N) is 7. The molecule has 2 aliphatic rings. The van der Waals surface area contributed by atoms with E-state index in [-0.39, 0.29) is 12.4 Å². The molecular weight excluding hydrogens is 2440 g/mol. The van der Waals surface area contributed by atoms with E-state index in [2.05, 4.69) is 0 Å². The second kappa shape index (κ2) is 37.0. The second-order valence-corrected chi connectivity index (χ2v) is 45.1. The van der Waals surface area contributed by atoms with Gasteiger partial charge in [0.25, 0.3) is 100 Å². The van der Waals surface area contributed by atoms with Crippen LogP contribution in [0.15, 0.2) is 0 Å². The molecule has 0 aromatic rings. The second-order valence-electron chi connectivity index (χ2n) is 20.6. The van der Waals surface area contributed by atoms with E-state index in [4.69, 9.17) is 0 Å². The van der Waals surface area contributed by atoms with Gasteiger partial charge in [-0.15, -0.1) is 0 Å². The quantitative estimate of drug-likeness (QED) is 0.0415. The molecule has 0 atom stereocenters. The molecule has 2 saturated heterocycles. The highest BCUT2D eigenvalue weighted by Crippen LogP contribution is 2.60. The minimum atomic E-state index is -8.68. The molecule has 2 heterocycles. The molecule has 2 fully saturated rings. The van der Waals surface area contributed by atoms with E-state index in [1.54, 1.807) is 0 Å². The highest BCUT2D eigenvalue weighted by molar-refractivity contribution is 8.10. The van der Waals surface area contributed by atoms with Crippen molar-refractivity contribution in [1.29, 1.82) is 0 Å². The standard InChI is InChI=1S/C8HF18NO4S2.C6HF14NO4S2.C4HF10NO4S2.C3HF6NO4S2.C2HF6NO4S2.C2HF4NO4S2.F2HNO4S2/c9-1(10,5(17,18)19)3(13,14)7(23,24)32(28,29)27-33(30,31)8(25,26)4(15,16)2(11,12)6(20,21)22;7-1(8,3(11,12)13)5(17,18)26(22,23)21-27(24,25)6(19,20)2(9,10)4(14,15)16;5-1(6,7)3(11,12)20(16,17)15-21(18,19)4(13,14)2(8,9)10;4-1(5)2(6,7)15(11,12)10-16(13,14)3(1,8)9;3-1(4,5)14(10,11)9-15(12,13)2(6,7)8;3-1(4)2(5,6)13(10,11)7-12(1,8)9;1-8(4,5)3-9(2,6)7/h27H;21H;15H;10H;9H;7H;3H. The van der Waals surface area contributed by atoms with Crippen LogP contribution in [-0.2, 0) is 141 Å². The molecule has 0 bridgehead atoms. The highest BCUT2D eigenvalue weighted by Gasteiger charge is 2.91. The Morgan fingerprint density at radius 2 is 0.313 bits per heavy atom. The predicted octanol–water partition coefficient (Wildman–Crippen LogP) is 7.23. The summed E-state index contributed by atoms with van der Waals surface area (Å²) in [5.41, 5.74) is -12.3. The van der Waals surface area contributed by atoms with Crippen LogP contribution in [0, 0.1) is 0 Å². The van der Waals surface area contributed by atoms with Crippen molar-refractivity contribution in [3.8, 4) is 0 Å². The number of hydrogen-bond acceptors (Lipinski definition) is 28. The SMILES string of the molecule is O=S(=O)(F)NS(=O)(=O)F.O=S(=O)(NS(=O)(=O)C(F)(F)C(F)(F)C(F)(F)C(F)(F)F)C(F)(F)C(F)(F)C(F)(F)C(F)(F)F.O=S(=O)(NS(=O)(=O)C(F)(F)C(F)(F)C(F)(F)F)C(F)(F)C(F)(F)C(F)(F)F.O=S(=O)(NS(=O)(=O)C(F)(F)C(F)(F)F)C(F)(F)C(F)(F)F.O=S(=O)(NS(=O)(=O)C(F)(F)F)C(F)(F)F.O=S1(=O)NS(=O)(=O)C(F)(F)C(F)(F)C1(F)F.O=S1(=O)NS(=O)(=O)C(F)(F)C1(F)F. The Balaban J connectivity index is -0.000000499. The van der Waals surface area contributed by atoms with E-state index in [1.165, 1.54) is 0 Å². The van der Waals surface area contributed by atoms with Gasteiger partial charge in [0.1, 0.15) is 0 Å². The normalized spacial score (nSPS) is 19.8. The lowest BCUT2D eigenvalue weighted by atomic mass is 10.1. The molecular formula is C25H7F60N7O28S14. The number of sulfonamides is 12. The monoisotopic (exact) mass is 2440 g/mol. The molecule has 109 heteroatoms. The Bertz CT molecular complexity index is 5660. The lowest BCUT2D eigenvalue weighted by molar-refractivity contribution is -0.382. The van der Waals surface area contributed by atoms with Crippen LogP contribution in [0.2, 0.25) is 0 Å². The molecule has 35 nitrogen and oxygen atoms in total. The third-order valence-electron chi connectivity index (χ3n) is 10.9. The van der Waals surface area contributed by atoms with Gasteiger partial charge >= 0.3 is 183 Å². The van der Waals surface area contributed by atoms with Crippen LogP contribution in [0.1, 0.15) is 0 Å². The van der Waals surface area contributed by atoms with Crippen LogP contribution in [0.25, 0.3) is 0 Å². The largest absolute Gasteiger partial charge is 0.512 e. The summed E-state index contributed by atoms with van der Waals surface area (Å²) in [6.45, 7) is 0. The Morgan fingerprint density at radius 3 is 0.433 bits per heavy atom. The molecule has 0 aromatic carbocycles. The fraction of sp³-hybridized carbons (Fsp3) is 1.00. The molecule has 2 rings (SSSR count). The highest BCUT2D eigenvalue weighted by atomic mass is 32.3. The summed E-state index contributed by atoms with van der Waals surface area (Å²) in [4.78, 5) is 0. The van der Waals surface area contributed by atoms with Crippen molar-refractivity contribution >= 4 is 141 Å². The topological polar surface area (TPSA) is 562 Å². The number of rotatable bonds is 22. The van der Waals surface area contributed by atoms with Gasteiger partial charge in [-0.3, -0.25) is 0 Å². The van der Waals surface area contributed by atoms with Crippen LogP contribution in [-0.4, -0.2) is 260 Å². The molecule has 0 saturated carbocycles. The van der Waals surface area contributed by atoms with Crippen molar-refractivity contribution in [3.63, 3.8) is 0 Å². The van der Waals surface area contributed by atoms with Crippen LogP contribution >= 0.6 is 0 Å². The van der Waals surface area contributed by atoms with Crippen molar-refractivity contribution < 1.29 is 380 Å². The van der Waals surface area contributed by atoms with Crippen LogP contribution in [0.5, 0.6) is 0 Å². The lowest BCUT2D eigenvalue weighted by Crippen LogP contribution is -2.70. The minimum Gasteiger partial charge on any atom is -0.205 e. The van der Waals surface area contributed by atoms with E-state index >= 15 is 0 Å². The zero-order chi connectivity index (χ0) is 112. The summed E-state index contributed by atoms with van der Waals surface area (Å²) in [7, 11) is -97.5. The van der Waals surface area contributed by atoms with Crippen molar-refractivity contribution in [2.75, 3.05) is 0 Å². The van der Waals surface area contributed by atoms with E-state index in [0.717, 1.165) is 0 Å². The maximum absolute atomic E-state index is 13.2. The average Bonchev–Trinajstić information content (AvgIpc) is 0.923. The summed E-state index contributed by atoms with van der Waals surface area (Å²) < 4.78 is 1020. The van der Waals surface area contributed by atoms with Gasteiger partial charge in [0.2, 0.25) is 0 Å². The van der Waals surface area contributed by atoms with Gasteiger partial charge in [0.05, 0.1) is 0 Å². The zero-order valence-electron chi connectivity index (χ0n) is 55.8. The van der Waals surface area contributed by atoms with Crippen LogP contribution < -0.4 is 28.9 Å². The van der Waals surface area contributed by atoms with Gasteiger partial charge in [-0.2, -0.15) is 271 Å². The maximum Gasteiger partial charge on any atom is 0.512 e. The molecule has 0 aromatic heterocycles. The van der Waals surface area contributed by atoms with Gasteiger partial charge < -0.3 is 0 Å². The molecule has 0 aliphatic carbocycles. The third kappa shape index (κ3) is 25.6. The Kier molecular flexibility index (Phi) is 37.9. The van der Waals surface area contributed by atoms with Gasteiger partial charge in [-0.1, -0.05) is 36.7 Å². The van der Waals surface area contributed by atoms with E-state index in [0.29, 0.717) is 0 Å². The first kappa shape index (κ1) is 137. The summed E-state index contributed by atoms with van der Waals surface area (Å²) in [5, 5.41) is -69.2. The molecule has 2 aliphatic heterocycles. The van der Waals surface area contributed by atoms with Gasteiger partial charge in [-0.05, 0) is 0 Å². The number of alkyl halides is 58. The first-order chi connectivity index (χ1) is 55.7. The molecule has 0 unspecified atom stereocenters. The fourth-order valence-electron chi connectivity index (χ4n) is 4.45. The Hall–Kier alpha value is -5.18. The van der Waals surface area contributed by atoms with Gasteiger partial charge in [0, 0.05) is 0 Å². The van der Waals surface area contributed by atoms with E-state index < -0.39 is 300 Å². The Morgan fingerprint density at radius 1 is 0.179 bits per heavy atom. The van der Waals surface area contributed by atoms with Crippen molar-refractivity contribution in [1.82, 2.24) is 28.9 Å². The summed E-state index contributed by atoms with van der Waals surface area (Å²) >= 11 is 0. The zero-order valence-corrected chi connectivity index (χ0v) is 67.3. The average molecular weight is 2440 g/mol. The van der Waals surface area contributed by atoms with Crippen molar-refractivity contribution in [2.45, 2.75) is 142 Å². The summed E-state index contributed by atoms with van der Waals surface area (Å²) in [6, 6.07) is 0. The molecule has 0 radical (unpaired) electrons. The lowest BCUT2D eigenvalue weighted by Gasteiger charge is -2.35. The molecule has 0 spiro atoms. The van der Waals surface area contributed by atoms with Gasteiger partial charge in [0.15, 0.2) is 0 Å². The first-order valence-electron chi connectivity index (χ1n) is 25.0. The Labute approximate surface area is 690 Å². The van der Waals surface area contributed by atoms with Crippen molar-refractivity contribution in [2.24, 2.45) is 0 Å². The number of hydrogen-bond donors (Lipinski definition) is 7. The maximum atomic E-state index is 13.2. The van der Waals surface area contributed by atoms with E-state index in [9.17, 15) is 380 Å². The summed E-state index contributed by atoms with van der Waals surface area (Å²) in [6.07, 6.45) is -44.4. The third-order valence-corrected chi connectivity index (χ3v) is 33.6. The first-order valence-corrected chi connectivity index (χ1v) is 45.6. The predicted molar refractivity (Wildman–Crippen MR) is 282 cm³/mol. The molecule has 0 amide bonds. The molecule has 7 N–H and O–H groups in total. The van der Waals surface area contributed by atoms with Crippen LogP contribution in [0.4, 0.5) is 262 Å². The van der Waals surface area contributed by atoms with Crippen molar-refractivity contribution in [3.05, 3.63) is 0 Å². The molecule has 814 valence electrons.